The molecule has 0 aliphatic heterocycles. The number of aryl methyl sites for hydroxylation is 1. The number of nitrogens with zero attached hydrogens (tertiary/aromatic N) is 6. The molecule has 2 N–H and O–H groups in total. The summed E-state index contributed by atoms with van der Waals surface area (Å²) in [6, 6.07) is 12.3. The minimum absolute atomic E-state index is 0.0828. The zero-order valence-corrected chi connectivity index (χ0v) is 13.1. The summed E-state index contributed by atoms with van der Waals surface area (Å²) in [6.07, 6.45) is 3.58. The highest BCUT2D eigenvalue weighted by Crippen LogP contribution is 2.52. The predicted octanol–water partition coefficient (Wildman–Crippen LogP) is 1.81. The third-order valence-corrected chi connectivity index (χ3v) is 4.40. The third-order valence-electron chi connectivity index (χ3n) is 4.40. The Hall–Kier alpha value is -3.27. The zero-order valence-electron chi connectivity index (χ0n) is 13.1. The Morgan fingerprint density at radius 2 is 1.96 bits per heavy atom. The molecule has 7 heteroatoms. The van der Waals surface area contributed by atoms with E-state index in [0.29, 0.717) is 11.5 Å². The molecule has 2 heterocycles. The molecular formula is C17H15N7. The van der Waals surface area contributed by atoms with E-state index in [-0.39, 0.29) is 16.9 Å². The molecule has 2 aromatic heterocycles. The van der Waals surface area contributed by atoms with Crippen LogP contribution in [0.3, 0.4) is 0 Å². The fourth-order valence-corrected chi connectivity index (χ4v) is 3.02. The van der Waals surface area contributed by atoms with Crippen molar-refractivity contribution < 1.29 is 0 Å². The topological polar surface area (TPSA) is 106 Å². The van der Waals surface area contributed by atoms with Gasteiger partial charge >= 0.3 is 0 Å². The van der Waals surface area contributed by atoms with Crippen LogP contribution in [0.15, 0.2) is 36.5 Å². The molecule has 0 spiro atoms. The van der Waals surface area contributed by atoms with Gasteiger partial charge in [0.15, 0.2) is 11.5 Å². The van der Waals surface area contributed by atoms with Crippen LogP contribution in [0.5, 0.6) is 0 Å². The number of rotatable bonds is 3. The van der Waals surface area contributed by atoms with Crippen molar-refractivity contribution in [1.29, 1.82) is 5.26 Å². The van der Waals surface area contributed by atoms with Crippen molar-refractivity contribution >= 4 is 5.82 Å². The van der Waals surface area contributed by atoms with Crippen molar-refractivity contribution in [2.24, 2.45) is 7.05 Å². The number of anilines is 1. The molecule has 118 valence electrons. The number of benzene rings is 1. The van der Waals surface area contributed by atoms with Gasteiger partial charge in [-0.3, -0.25) is 4.68 Å². The lowest BCUT2D eigenvalue weighted by molar-refractivity contribution is 0.643. The van der Waals surface area contributed by atoms with Gasteiger partial charge in [-0.15, -0.1) is 5.10 Å². The Bertz CT molecular complexity index is 949. The van der Waals surface area contributed by atoms with E-state index in [4.69, 9.17) is 16.0 Å². The van der Waals surface area contributed by atoms with Crippen LogP contribution in [0.2, 0.25) is 0 Å². The summed E-state index contributed by atoms with van der Waals surface area (Å²) in [5.41, 5.74) is 7.33. The van der Waals surface area contributed by atoms with Gasteiger partial charge in [0.1, 0.15) is 17.6 Å². The van der Waals surface area contributed by atoms with Crippen molar-refractivity contribution in [3.05, 3.63) is 53.6 Å². The van der Waals surface area contributed by atoms with Crippen LogP contribution in [0.4, 0.5) is 5.82 Å². The minimum Gasteiger partial charge on any atom is -0.381 e. The van der Waals surface area contributed by atoms with Crippen molar-refractivity contribution in [1.82, 2.24) is 24.7 Å². The molecule has 1 fully saturated rings. The minimum atomic E-state index is -0.0828. The average Bonchev–Trinajstić information content (AvgIpc) is 3.33. The number of nitriles is 1. The highest BCUT2D eigenvalue weighted by molar-refractivity contribution is 5.54. The van der Waals surface area contributed by atoms with Gasteiger partial charge in [0.2, 0.25) is 5.82 Å². The third kappa shape index (κ3) is 2.12. The normalized spacial score (nSPS) is 15.0. The van der Waals surface area contributed by atoms with Crippen LogP contribution < -0.4 is 5.73 Å². The molecule has 0 bridgehead atoms. The second-order valence-corrected chi connectivity index (χ2v) is 5.93. The SMILES string of the molecule is Cn1nc(-c2cnc(N)c(C#N)n2)nc1C1(c2ccccc2)CC1. The molecule has 0 unspecified atom stereocenters. The fourth-order valence-electron chi connectivity index (χ4n) is 3.02. The summed E-state index contributed by atoms with van der Waals surface area (Å²) < 4.78 is 1.79. The first-order valence-corrected chi connectivity index (χ1v) is 7.64. The van der Waals surface area contributed by atoms with Gasteiger partial charge in [0.25, 0.3) is 0 Å². The maximum atomic E-state index is 9.06. The molecule has 1 saturated carbocycles. The average molecular weight is 317 g/mol. The summed E-state index contributed by atoms with van der Waals surface area (Å²) in [7, 11) is 1.88. The second-order valence-electron chi connectivity index (χ2n) is 5.93. The number of aromatic nitrogens is 5. The molecule has 7 nitrogen and oxygen atoms in total. The van der Waals surface area contributed by atoms with Crippen LogP contribution in [-0.4, -0.2) is 24.7 Å². The number of hydrogen-bond donors (Lipinski definition) is 1. The molecule has 3 aromatic rings. The molecule has 1 aromatic carbocycles. The first-order chi connectivity index (χ1) is 11.6. The molecule has 0 atom stereocenters. The first-order valence-electron chi connectivity index (χ1n) is 7.64. The van der Waals surface area contributed by atoms with E-state index in [2.05, 4.69) is 27.2 Å². The summed E-state index contributed by atoms with van der Waals surface area (Å²) in [6.45, 7) is 0. The van der Waals surface area contributed by atoms with E-state index in [1.165, 1.54) is 11.8 Å². The van der Waals surface area contributed by atoms with Crippen LogP contribution >= 0.6 is 0 Å². The summed E-state index contributed by atoms with van der Waals surface area (Å²) in [5, 5.41) is 13.5. The standard InChI is InChI=1S/C17H15N7/c1-24-16(17(7-8-17)11-5-3-2-4-6-11)22-15(23-24)13-10-20-14(19)12(9-18)21-13/h2-6,10H,7-8H2,1H3,(H2,19,20). The smallest absolute Gasteiger partial charge is 0.201 e. The number of nitrogens with two attached hydrogens (primary N) is 1. The van der Waals surface area contributed by atoms with E-state index in [0.717, 1.165) is 18.7 Å². The summed E-state index contributed by atoms with van der Waals surface area (Å²) in [4.78, 5) is 12.9. The molecule has 4 rings (SSSR count). The van der Waals surface area contributed by atoms with E-state index < -0.39 is 0 Å². The molecular weight excluding hydrogens is 302 g/mol. The molecule has 0 radical (unpaired) electrons. The van der Waals surface area contributed by atoms with Gasteiger partial charge in [0.05, 0.1) is 11.6 Å². The lowest BCUT2D eigenvalue weighted by Crippen LogP contribution is -2.15. The number of hydrogen-bond acceptors (Lipinski definition) is 6. The van der Waals surface area contributed by atoms with Gasteiger partial charge in [-0.1, -0.05) is 30.3 Å². The lowest BCUT2D eigenvalue weighted by Gasteiger charge is -2.14. The largest absolute Gasteiger partial charge is 0.381 e. The van der Waals surface area contributed by atoms with Crippen molar-refractivity contribution in [2.75, 3.05) is 5.73 Å². The lowest BCUT2D eigenvalue weighted by atomic mass is 9.95. The summed E-state index contributed by atoms with van der Waals surface area (Å²) in [5.74, 6) is 1.47. The van der Waals surface area contributed by atoms with Crippen molar-refractivity contribution in [3.8, 4) is 17.6 Å². The first kappa shape index (κ1) is 14.3. The van der Waals surface area contributed by atoms with Crippen LogP contribution in [0.25, 0.3) is 11.5 Å². The Morgan fingerprint density at radius 1 is 1.21 bits per heavy atom. The molecule has 0 saturated heterocycles. The highest BCUT2D eigenvalue weighted by atomic mass is 15.3. The maximum absolute atomic E-state index is 9.06. The summed E-state index contributed by atoms with van der Waals surface area (Å²) >= 11 is 0. The predicted molar refractivity (Wildman–Crippen MR) is 87.6 cm³/mol. The van der Waals surface area contributed by atoms with Gasteiger partial charge in [-0.25, -0.2) is 15.0 Å². The zero-order chi connectivity index (χ0) is 16.7. The molecule has 24 heavy (non-hydrogen) atoms. The number of nitrogen functional groups attached to an aromatic ring is 1. The van der Waals surface area contributed by atoms with E-state index in [1.807, 2.05) is 31.3 Å². The van der Waals surface area contributed by atoms with Crippen molar-refractivity contribution in [3.63, 3.8) is 0 Å². The highest BCUT2D eigenvalue weighted by Gasteiger charge is 2.49. The Balaban J connectivity index is 1.78. The van der Waals surface area contributed by atoms with E-state index >= 15 is 0 Å². The van der Waals surface area contributed by atoms with Crippen molar-refractivity contribution in [2.45, 2.75) is 18.3 Å². The second kappa shape index (κ2) is 5.13. The van der Waals surface area contributed by atoms with E-state index in [1.54, 1.807) is 4.68 Å². The van der Waals surface area contributed by atoms with Crippen LogP contribution in [0, 0.1) is 11.3 Å². The fraction of sp³-hybridized carbons (Fsp3) is 0.235. The maximum Gasteiger partial charge on any atom is 0.201 e. The van der Waals surface area contributed by atoms with Crippen LogP contribution in [-0.2, 0) is 12.5 Å². The monoisotopic (exact) mass is 317 g/mol. The quantitative estimate of drug-likeness (QED) is 0.789. The van der Waals surface area contributed by atoms with Gasteiger partial charge in [-0.05, 0) is 18.4 Å². The Labute approximate surface area is 138 Å². The van der Waals surface area contributed by atoms with Gasteiger partial charge < -0.3 is 5.73 Å². The molecule has 0 amide bonds. The van der Waals surface area contributed by atoms with Gasteiger partial charge in [-0.2, -0.15) is 5.26 Å². The van der Waals surface area contributed by atoms with Gasteiger partial charge in [0, 0.05) is 7.05 Å². The van der Waals surface area contributed by atoms with E-state index in [9.17, 15) is 0 Å². The van der Waals surface area contributed by atoms with Crippen LogP contribution in [0.1, 0.15) is 29.9 Å². The molecule has 1 aliphatic carbocycles. The molecule has 1 aliphatic rings. The Morgan fingerprint density at radius 3 is 2.62 bits per heavy atom. The Kier molecular flexibility index (Phi) is 3.06.